The van der Waals surface area contributed by atoms with Crippen molar-refractivity contribution in [2.24, 2.45) is 0 Å². The van der Waals surface area contributed by atoms with Gasteiger partial charge in [-0.25, -0.2) is 4.79 Å². The van der Waals surface area contributed by atoms with Crippen LogP contribution in [0, 0.1) is 0 Å². The van der Waals surface area contributed by atoms with Gasteiger partial charge in [-0.15, -0.1) is 0 Å². The first-order chi connectivity index (χ1) is 6.19. The van der Waals surface area contributed by atoms with Gasteiger partial charge in [0.1, 0.15) is 5.73 Å². The van der Waals surface area contributed by atoms with Crippen LogP contribution in [0.1, 0.15) is 13.3 Å². The van der Waals surface area contributed by atoms with E-state index in [2.05, 4.69) is 6.58 Å². The van der Waals surface area contributed by atoms with Crippen LogP contribution in [0.25, 0.3) is 0 Å². The zero-order valence-corrected chi connectivity index (χ0v) is 9.43. The summed E-state index contributed by atoms with van der Waals surface area (Å²) in [5.41, 5.74) is -0.250. The number of ether oxygens (including phenoxy) is 1. The van der Waals surface area contributed by atoms with Gasteiger partial charge in [-0.3, -0.25) is 0 Å². The normalized spacial score (nSPS) is 12.6. The molecule has 0 radical (unpaired) electrons. The quantitative estimate of drug-likeness (QED) is 0.360. The molecule has 0 amide bonds. The minimum atomic E-state index is -1.87. The highest BCUT2D eigenvalue weighted by Gasteiger charge is 2.25. The second-order valence-electron chi connectivity index (χ2n) is 2.43. The molecule has 5 heteroatoms. The molecule has 0 rings (SSSR count). The fourth-order valence-electron chi connectivity index (χ4n) is 0.928. The largest absolute Gasteiger partial charge is 0.458 e. The van der Waals surface area contributed by atoms with Crippen molar-refractivity contribution in [3.05, 3.63) is 12.7 Å². The summed E-state index contributed by atoms with van der Waals surface area (Å²) < 4.78 is 15.3. The number of carbonyl (C=O) groups is 1. The standard InChI is InChI=1S/C8H16O4Si/c1-5-7(9)12-8(6-2)13(10-3)11-4/h5,8,13H,1,6H2,2-4H3. The molecule has 0 N–H and O–H groups in total. The molecule has 0 aromatic heterocycles. The zero-order valence-electron chi connectivity index (χ0n) is 8.28. The zero-order chi connectivity index (χ0) is 10.3. The van der Waals surface area contributed by atoms with Crippen LogP contribution in [0.3, 0.4) is 0 Å². The van der Waals surface area contributed by atoms with Crippen molar-refractivity contribution in [2.45, 2.75) is 19.1 Å². The summed E-state index contributed by atoms with van der Waals surface area (Å²) in [5.74, 6) is -0.432. The van der Waals surface area contributed by atoms with E-state index in [1.54, 1.807) is 14.2 Å². The van der Waals surface area contributed by atoms with Gasteiger partial charge in [0.05, 0.1) is 0 Å². The lowest BCUT2D eigenvalue weighted by molar-refractivity contribution is -0.140. The molecule has 1 atom stereocenters. The summed E-state index contributed by atoms with van der Waals surface area (Å²) in [7, 11) is 1.25. The van der Waals surface area contributed by atoms with Crippen LogP contribution in [0.15, 0.2) is 12.7 Å². The fraction of sp³-hybridized carbons (Fsp3) is 0.625. The van der Waals surface area contributed by atoms with Crippen LogP contribution in [-0.2, 0) is 18.4 Å². The third kappa shape index (κ3) is 4.21. The van der Waals surface area contributed by atoms with E-state index in [4.69, 9.17) is 13.6 Å². The Kier molecular flexibility index (Phi) is 6.48. The molecule has 1 unspecified atom stereocenters. The van der Waals surface area contributed by atoms with Crippen LogP contribution in [0.5, 0.6) is 0 Å². The Morgan fingerprint density at radius 2 is 2.08 bits per heavy atom. The van der Waals surface area contributed by atoms with Crippen LogP contribution in [-0.4, -0.2) is 35.2 Å². The van der Waals surface area contributed by atoms with Crippen molar-refractivity contribution < 1.29 is 18.4 Å². The molecule has 0 fully saturated rings. The topological polar surface area (TPSA) is 44.8 Å². The van der Waals surface area contributed by atoms with Crippen LogP contribution in [0.2, 0.25) is 0 Å². The van der Waals surface area contributed by atoms with Crippen molar-refractivity contribution in [1.29, 1.82) is 0 Å². The van der Waals surface area contributed by atoms with E-state index in [0.29, 0.717) is 6.42 Å². The molecule has 0 aliphatic carbocycles. The summed E-state index contributed by atoms with van der Waals surface area (Å²) in [6.07, 6.45) is 1.83. The highest BCUT2D eigenvalue weighted by molar-refractivity contribution is 6.46. The van der Waals surface area contributed by atoms with Crippen molar-refractivity contribution in [2.75, 3.05) is 14.2 Å². The predicted molar refractivity (Wildman–Crippen MR) is 51.5 cm³/mol. The van der Waals surface area contributed by atoms with Gasteiger partial charge >= 0.3 is 15.3 Å². The lowest BCUT2D eigenvalue weighted by Crippen LogP contribution is -2.38. The van der Waals surface area contributed by atoms with Gasteiger partial charge in [0.2, 0.25) is 0 Å². The van der Waals surface area contributed by atoms with Crippen molar-refractivity contribution in [3.63, 3.8) is 0 Å². The molecular formula is C8H16O4Si. The molecule has 4 nitrogen and oxygen atoms in total. The second kappa shape index (κ2) is 6.82. The van der Waals surface area contributed by atoms with Gasteiger partial charge < -0.3 is 13.6 Å². The number of hydrogen-bond acceptors (Lipinski definition) is 4. The molecule has 0 spiro atoms. The molecule has 0 aromatic rings. The van der Waals surface area contributed by atoms with E-state index >= 15 is 0 Å². The lowest BCUT2D eigenvalue weighted by Gasteiger charge is -2.20. The number of esters is 1. The van der Waals surface area contributed by atoms with Gasteiger partial charge in [-0.1, -0.05) is 13.5 Å². The summed E-state index contributed by atoms with van der Waals surface area (Å²) in [5, 5.41) is 0. The van der Waals surface area contributed by atoms with E-state index in [-0.39, 0.29) is 5.73 Å². The summed E-state index contributed by atoms with van der Waals surface area (Å²) in [6, 6.07) is 0. The Balaban J connectivity index is 4.14. The average Bonchev–Trinajstić information content (AvgIpc) is 2.17. The maximum Gasteiger partial charge on any atom is 0.363 e. The second-order valence-corrected chi connectivity index (χ2v) is 4.85. The van der Waals surface area contributed by atoms with Gasteiger partial charge in [0, 0.05) is 20.3 Å². The predicted octanol–water partition coefficient (Wildman–Crippen LogP) is 0.547. The Bertz CT molecular complexity index is 168. The molecule has 0 aliphatic rings. The molecule has 13 heavy (non-hydrogen) atoms. The summed E-state index contributed by atoms with van der Waals surface area (Å²) in [6.45, 7) is 5.23. The first kappa shape index (κ1) is 12.3. The first-order valence-electron chi connectivity index (χ1n) is 4.08. The molecule has 0 aromatic carbocycles. The van der Waals surface area contributed by atoms with Gasteiger partial charge in [-0.05, 0) is 6.42 Å². The highest BCUT2D eigenvalue weighted by atomic mass is 28.3. The van der Waals surface area contributed by atoms with Crippen LogP contribution < -0.4 is 0 Å². The number of rotatable bonds is 6. The van der Waals surface area contributed by atoms with E-state index in [9.17, 15) is 4.79 Å². The smallest absolute Gasteiger partial charge is 0.363 e. The van der Waals surface area contributed by atoms with Gasteiger partial charge in [0.15, 0.2) is 0 Å². The number of carbonyl (C=O) groups excluding carboxylic acids is 1. The van der Waals surface area contributed by atoms with E-state index < -0.39 is 15.3 Å². The minimum absolute atomic E-state index is 0.250. The molecule has 76 valence electrons. The molecular weight excluding hydrogens is 188 g/mol. The van der Waals surface area contributed by atoms with E-state index in [1.807, 2.05) is 6.92 Å². The average molecular weight is 204 g/mol. The molecule has 0 bridgehead atoms. The van der Waals surface area contributed by atoms with E-state index in [0.717, 1.165) is 6.08 Å². The third-order valence-corrected chi connectivity index (χ3v) is 3.75. The molecule has 0 heterocycles. The van der Waals surface area contributed by atoms with Crippen molar-refractivity contribution >= 4 is 15.3 Å². The molecule has 0 saturated carbocycles. The van der Waals surface area contributed by atoms with Gasteiger partial charge in [0.25, 0.3) is 0 Å². The maximum absolute atomic E-state index is 10.9. The Morgan fingerprint density at radius 1 is 1.54 bits per heavy atom. The highest BCUT2D eigenvalue weighted by Crippen LogP contribution is 2.05. The van der Waals surface area contributed by atoms with Crippen LogP contribution >= 0.6 is 0 Å². The lowest BCUT2D eigenvalue weighted by atomic mass is 10.5. The van der Waals surface area contributed by atoms with Crippen LogP contribution in [0.4, 0.5) is 0 Å². The maximum atomic E-state index is 10.9. The third-order valence-electron chi connectivity index (χ3n) is 1.60. The fourth-order valence-corrected chi connectivity index (χ4v) is 2.36. The van der Waals surface area contributed by atoms with Crippen molar-refractivity contribution in [1.82, 2.24) is 0 Å². The monoisotopic (exact) mass is 204 g/mol. The molecule has 0 aliphatic heterocycles. The minimum Gasteiger partial charge on any atom is -0.458 e. The van der Waals surface area contributed by atoms with E-state index in [1.165, 1.54) is 0 Å². The Hall–Kier alpha value is -0.653. The summed E-state index contributed by atoms with van der Waals surface area (Å²) in [4.78, 5) is 10.9. The number of hydrogen-bond donors (Lipinski definition) is 0. The molecule has 0 saturated heterocycles. The summed E-state index contributed by atoms with van der Waals surface area (Å²) >= 11 is 0. The van der Waals surface area contributed by atoms with Crippen molar-refractivity contribution in [3.8, 4) is 0 Å². The Morgan fingerprint density at radius 3 is 2.38 bits per heavy atom. The SMILES string of the molecule is C=CC(=O)OC(CC)[SiH](OC)OC. The first-order valence-corrected chi connectivity index (χ1v) is 5.69. The van der Waals surface area contributed by atoms with Gasteiger partial charge in [-0.2, -0.15) is 0 Å². The Labute approximate surface area is 80.3 Å².